The third-order valence-corrected chi connectivity index (χ3v) is 12.9. The van der Waals surface area contributed by atoms with Crippen LogP contribution in [-0.2, 0) is 28.5 Å². The number of unbranched alkanes of at least 4 members (excludes halogenated alkanes) is 2. The predicted molar refractivity (Wildman–Crippen MR) is 273 cm³/mol. The van der Waals surface area contributed by atoms with Crippen LogP contribution in [0.15, 0.2) is 97.1 Å². The molecule has 16 nitrogen and oxygen atoms in total. The van der Waals surface area contributed by atoms with E-state index in [1.165, 1.54) is 0 Å². The minimum atomic E-state index is -0.943. The lowest BCUT2D eigenvalue weighted by Gasteiger charge is -2.38. The Morgan fingerprint density at radius 1 is 0.472 bits per heavy atom. The molecule has 0 bridgehead atoms. The van der Waals surface area contributed by atoms with Gasteiger partial charge in [-0.3, -0.25) is 9.59 Å². The van der Waals surface area contributed by atoms with Crippen LogP contribution in [0, 0.1) is 0 Å². The number of carbonyl (C=O) groups is 6. The minimum Gasteiger partial charge on any atom is -0.449 e. The minimum absolute atomic E-state index is 0.0762. The molecule has 1 fully saturated rings. The van der Waals surface area contributed by atoms with Gasteiger partial charge >= 0.3 is 24.4 Å². The number of nitrogens with zero attached hydrogens (tertiary/aromatic N) is 2. The first kappa shape index (κ1) is 52.7. The Morgan fingerprint density at radius 3 is 1.08 bits per heavy atom. The van der Waals surface area contributed by atoms with Crippen molar-refractivity contribution in [2.24, 2.45) is 0 Å². The van der Waals surface area contributed by atoms with E-state index >= 15 is 0 Å². The van der Waals surface area contributed by atoms with E-state index in [2.05, 4.69) is 45.5 Å². The number of hydrogen-bond acceptors (Lipinski definition) is 10. The zero-order valence-corrected chi connectivity index (χ0v) is 42.4. The van der Waals surface area contributed by atoms with Gasteiger partial charge in [-0.2, -0.15) is 0 Å². The van der Waals surface area contributed by atoms with Crippen molar-refractivity contribution in [1.29, 1.82) is 0 Å². The highest BCUT2D eigenvalue weighted by Gasteiger charge is 2.35. The van der Waals surface area contributed by atoms with Gasteiger partial charge in [0.2, 0.25) is 11.8 Å². The smallest absolute Gasteiger partial charge is 0.407 e. The van der Waals surface area contributed by atoms with E-state index in [0.29, 0.717) is 38.8 Å². The molecule has 0 radical (unpaired) electrons. The third kappa shape index (κ3) is 14.1. The average molecular weight is 987 g/mol. The summed E-state index contributed by atoms with van der Waals surface area (Å²) in [5, 5.41) is 11.2. The predicted octanol–water partition coefficient (Wildman–Crippen LogP) is 8.86. The SMILES string of the molecule is CC(C)(C)OC(=O)NCCCCC(NC(=O)OCC1c2ccccc2-c2ccccc21)C(=O)N1CCN(C(=O)C(CCCCNC(=O)OC(C)(C)C)NC(=O)OCC2c3ccccc3-c3ccccc32)CC1. The van der Waals surface area contributed by atoms with E-state index in [9.17, 15) is 28.8 Å². The number of fused-ring (bicyclic) bond motifs is 6. The fourth-order valence-electron chi connectivity index (χ4n) is 9.62. The second kappa shape index (κ2) is 23.9. The van der Waals surface area contributed by atoms with Gasteiger partial charge in [0.15, 0.2) is 0 Å². The molecule has 16 heteroatoms. The third-order valence-electron chi connectivity index (χ3n) is 12.9. The van der Waals surface area contributed by atoms with Gasteiger partial charge in [0.05, 0.1) is 0 Å². The Kier molecular flexibility index (Phi) is 17.5. The number of rotatable bonds is 18. The highest BCUT2D eigenvalue weighted by Crippen LogP contribution is 2.45. The molecule has 0 spiro atoms. The Balaban J connectivity index is 0.968. The second-order valence-corrected chi connectivity index (χ2v) is 20.5. The molecule has 4 aromatic carbocycles. The van der Waals surface area contributed by atoms with Crippen molar-refractivity contribution < 1.29 is 47.7 Å². The zero-order valence-electron chi connectivity index (χ0n) is 42.4. The van der Waals surface area contributed by atoms with Crippen LogP contribution in [-0.4, -0.2) is 122 Å². The van der Waals surface area contributed by atoms with Crippen LogP contribution >= 0.6 is 0 Å². The van der Waals surface area contributed by atoms with Gasteiger partial charge in [-0.05, 0) is 125 Å². The quantitative estimate of drug-likeness (QED) is 0.0553. The number of piperazine rings is 1. The number of alkyl carbamates (subject to hydrolysis) is 4. The lowest BCUT2D eigenvalue weighted by atomic mass is 9.98. The number of benzene rings is 4. The van der Waals surface area contributed by atoms with Crippen LogP contribution in [0.25, 0.3) is 22.3 Å². The van der Waals surface area contributed by atoms with Gasteiger partial charge in [-0.25, -0.2) is 19.2 Å². The van der Waals surface area contributed by atoms with Crippen molar-refractivity contribution in [2.75, 3.05) is 52.5 Å². The fraction of sp³-hybridized carbons (Fsp3) is 0.464. The van der Waals surface area contributed by atoms with Crippen LogP contribution in [0.5, 0.6) is 0 Å². The number of amides is 6. The van der Waals surface area contributed by atoms with Gasteiger partial charge in [0.25, 0.3) is 0 Å². The first-order valence-electron chi connectivity index (χ1n) is 25.2. The molecule has 3 aliphatic rings. The lowest BCUT2D eigenvalue weighted by molar-refractivity contribution is -0.142. The number of carbonyl (C=O) groups excluding carboxylic acids is 6. The van der Waals surface area contributed by atoms with Gasteiger partial charge < -0.3 is 50.0 Å². The van der Waals surface area contributed by atoms with Crippen molar-refractivity contribution in [1.82, 2.24) is 31.1 Å². The molecule has 1 saturated heterocycles. The largest absolute Gasteiger partial charge is 0.449 e. The number of hydrogen-bond donors (Lipinski definition) is 4. The molecule has 0 aromatic heterocycles. The van der Waals surface area contributed by atoms with Crippen molar-refractivity contribution in [3.63, 3.8) is 0 Å². The van der Waals surface area contributed by atoms with Gasteiger partial charge in [-0.15, -0.1) is 0 Å². The van der Waals surface area contributed by atoms with E-state index in [1.54, 1.807) is 51.3 Å². The molecule has 4 aromatic rings. The maximum Gasteiger partial charge on any atom is 0.407 e. The number of ether oxygens (including phenoxy) is 4. The first-order chi connectivity index (χ1) is 34.5. The van der Waals surface area contributed by atoms with Crippen LogP contribution in [0.3, 0.4) is 0 Å². The summed E-state index contributed by atoms with van der Waals surface area (Å²) in [6, 6.07) is 30.3. The molecular formula is C56H70N6O10. The summed E-state index contributed by atoms with van der Waals surface area (Å²) >= 11 is 0. The molecule has 7 rings (SSSR count). The van der Waals surface area contributed by atoms with Crippen LogP contribution in [0.1, 0.15) is 114 Å². The Bertz CT molecular complexity index is 2300. The highest BCUT2D eigenvalue weighted by molar-refractivity contribution is 5.88. The van der Waals surface area contributed by atoms with Crippen molar-refractivity contribution >= 4 is 36.2 Å². The van der Waals surface area contributed by atoms with E-state index < -0.39 is 47.7 Å². The summed E-state index contributed by atoms with van der Waals surface area (Å²) in [4.78, 5) is 83.6. The Labute approximate surface area is 422 Å². The zero-order chi connectivity index (χ0) is 51.4. The summed E-state index contributed by atoms with van der Waals surface area (Å²) < 4.78 is 22.4. The normalized spacial score (nSPS) is 14.9. The van der Waals surface area contributed by atoms with Gasteiger partial charge in [0.1, 0.15) is 36.5 Å². The maximum atomic E-state index is 14.3. The molecule has 0 saturated carbocycles. The van der Waals surface area contributed by atoms with E-state index in [4.69, 9.17) is 18.9 Å². The molecule has 6 amide bonds. The van der Waals surface area contributed by atoms with Crippen LogP contribution in [0.4, 0.5) is 19.2 Å². The molecule has 1 aliphatic heterocycles. The number of nitrogens with one attached hydrogen (secondary N) is 4. The fourth-order valence-corrected chi connectivity index (χ4v) is 9.62. The lowest BCUT2D eigenvalue weighted by Crippen LogP contribution is -2.58. The molecule has 2 unspecified atom stereocenters. The van der Waals surface area contributed by atoms with Crippen molar-refractivity contribution in [3.05, 3.63) is 119 Å². The van der Waals surface area contributed by atoms with Crippen molar-refractivity contribution in [2.45, 2.75) is 115 Å². The highest BCUT2D eigenvalue weighted by atomic mass is 16.6. The maximum absolute atomic E-state index is 14.3. The van der Waals surface area contributed by atoms with Gasteiger partial charge in [0, 0.05) is 51.1 Å². The van der Waals surface area contributed by atoms with E-state index in [1.807, 2.05) is 72.8 Å². The summed E-state index contributed by atoms with van der Waals surface area (Å²) in [7, 11) is 0. The Morgan fingerprint density at radius 2 is 0.778 bits per heavy atom. The summed E-state index contributed by atoms with van der Waals surface area (Å²) in [6.07, 6.45) is 0.0456. The first-order valence-corrected chi connectivity index (χ1v) is 25.2. The molecule has 2 aliphatic carbocycles. The monoisotopic (exact) mass is 987 g/mol. The standard InChI is InChI=1S/C56H70N6O10/c1-55(2,3)71-51(65)57-29-17-15-27-47(59-53(67)69-35-45-41-23-11-7-19-37(41)38-20-8-12-24-42(38)45)49(63)61-31-33-62(34-32-61)50(64)48(28-16-18-30-58-52(66)72-56(4,5)6)60-54(68)70-36-46-43-25-13-9-21-39(43)40-22-10-14-26-44(40)46/h7-14,19-26,45-48H,15-18,27-36H2,1-6H3,(H,57,65)(H,58,66)(H,59,67)(H,60,68). The van der Waals surface area contributed by atoms with E-state index in [0.717, 1.165) is 44.5 Å². The second-order valence-electron chi connectivity index (χ2n) is 20.5. The molecule has 2 atom stereocenters. The molecule has 72 heavy (non-hydrogen) atoms. The van der Waals surface area contributed by atoms with Crippen LogP contribution < -0.4 is 21.3 Å². The summed E-state index contributed by atoms with van der Waals surface area (Å²) in [6.45, 7) is 12.2. The van der Waals surface area contributed by atoms with Crippen LogP contribution in [0.2, 0.25) is 0 Å². The molecular weight excluding hydrogens is 917 g/mol. The Hall–Kier alpha value is -7.10. The van der Waals surface area contributed by atoms with Gasteiger partial charge in [-0.1, -0.05) is 97.1 Å². The molecule has 384 valence electrons. The summed E-state index contributed by atoms with van der Waals surface area (Å²) in [5.41, 5.74) is 7.35. The average Bonchev–Trinajstić information content (AvgIpc) is 3.84. The topological polar surface area (TPSA) is 194 Å². The van der Waals surface area contributed by atoms with Crippen molar-refractivity contribution in [3.8, 4) is 22.3 Å². The molecule has 4 N–H and O–H groups in total. The van der Waals surface area contributed by atoms with E-state index in [-0.39, 0.29) is 75.9 Å². The molecule has 1 heterocycles. The summed E-state index contributed by atoms with van der Waals surface area (Å²) in [5.74, 6) is -0.973.